The molecule has 76 valence electrons. The second-order valence-electron chi connectivity index (χ2n) is 3.96. The number of fused-ring (bicyclic) bond motifs is 3. The number of nitrogens with zero attached hydrogens (tertiary/aromatic N) is 2. The lowest BCUT2D eigenvalue weighted by Gasteiger charge is -2.00. The number of hydrogen-bond donors (Lipinski definition) is 1. The summed E-state index contributed by atoms with van der Waals surface area (Å²) in [5.41, 5.74) is 3.58. The van der Waals surface area contributed by atoms with Crippen LogP contribution in [0.1, 0.15) is 5.69 Å². The fraction of sp³-hybridized carbons (Fsp3) is 0.167. The van der Waals surface area contributed by atoms with E-state index in [1.54, 1.807) is 4.68 Å². The molecule has 2 aromatic heterocycles. The molecule has 0 fully saturated rings. The van der Waals surface area contributed by atoms with Gasteiger partial charge in [0.25, 0.3) is 0 Å². The van der Waals surface area contributed by atoms with Gasteiger partial charge in [0.1, 0.15) is 0 Å². The molecule has 2 N–H and O–H groups in total. The molecule has 2 heterocycles. The van der Waals surface area contributed by atoms with Gasteiger partial charge in [-0.05, 0) is 13.0 Å². The van der Waals surface area contributed by atoms with Crippen LogP contribution in [0.25, 0.3) is 21.8 Å². The maximum Gasteiger partial charge on any atom is 0.0719 e. The summed E-state index contributed by atoms with van der Waals surface area (Å²) in [6.07, 6.45) is 1.99. The molecule has 15 heavy (non-hydrogen) atoms. The Morgan fingerprint density at radius 2 is 1.87 bits per heavy atom. The lowest BCUT2D eigenvalue weighted by Crippen LogP contribution is -2.08. The number of aryl methyl sites for hydroxylation is 2. The van der Waals surface area contributed by atoms with Crippen LogP contribution in [0.5, 0.6) is 0 Å². The number of nitrogens with two attached hydrogens (primary N) is 1. The summed E-state index contributed by atoms with van der Waals surface area (Å²) in [4.78, 5) is 0. The molecule has 0 bridgehead atoms. The smallest absolute Gasteiger partial charge is 0.0719 e. The van der Waals surface area contributed by atoms with Gasteiger partial charge in [-0.1, -0.05) is 18.2 Å². The van der Waals surface area contributed by atoms with Crippen molar-refractivity contribution in [3.05, 3.63) is 36.2 Å². The summed E-state index contributed by atoms with van der Waals surface area (Å²) in [6.45, 7) is 2.04. The Morgan fingerprint density at radius 3 is 2.67 bits per heavy atom. The normalized spacial score (nSPS) is 11.6. The zero-order valence-corrected chi connectivity index (χ0v) is 8.86. The third kappa shape index (κ3) is 0.897. The molecule has 0 atom stereocenters. The van der Waals surface area contributed by atoms with Gasteiger partial charge in [-0.25, -0.2) is 0 Å². The number of para-hydroxylation sites is 1. The Labute approximate surface area is 87.7 Å². The molecule has 0 spiro atoms. The number of hydrogen-bond acceptors (Lipinski definition) is 1. The van der Waals surface area contributed by atoms with Crippen LogP contribution in [0.15, 0.2) is 30.5 Å². The highest BCUT2D eigenvalue weighted by Gasteiger charge is 2.12. The van der Waals surface area contributed by atoms with E-state index in [9.17, 15) is 0 Å². The summed E-state index contributed by atoms with van der Waals surface area (Å²) in [5, 5.41) is 2.50. The fourth-order valence-corrected chi connectivity index (χ4v) is 2.35. The van der Waals surface area contributed by atoms with E-state index in [1.165, 1.54) is 21.8 Å². The molecule has 3 heteroatoms. The Kier molecular flexibility index (Phi) is 1.44. The van der Waals surface area contributed by atoms with Gasteiger partial charge in [-0.2, -0.15) is 0 Å². The van der Waals surface area contributed by atoms with Crippen molar-refractivity contribution in [2.24, 2.45) is 7.05 Å². The number of nitrogen functional groups attached to an aromatic ring is 1. The van der Waals surface area contributed by atoms with E-state index in [0.717, 1.165) is 5.69 Å². The Morgan fingerprint density at radius 1 is 1.13 bits per heavy atom. The van der Waals surface area contributed by atoms with Crippen LogP contribution in [-0.2, 0) is 7.05 Å². The first-order valence-corrected chi connectivity index (χ1v) is 5.00. The summed E-state index contributed by atoms with van der Waals surface area (Å²) >= 11 is 0. The molecule has 0 aliphatic heterocycles. The number of rotatable bonds is 0. The molecule has 0 saturated carbocycles. The topological polar surface area (TPSA) is 35.9 Å². The molecule has 0 radical (unpaired) electrons. The first kappa shape index (κ1) is 8.41. The van der Waals surface area contributed by atoms with E-state index in [1.807, 2.05) is 13.1 Å². The van der Waals surface area contributed by atoms with Gasteiger partial charge >= 0.3 is 0 Å². The molecular formula is C12H13N3. The third-order valence-electron chi connectivity index (χ3n) is 3.14. The van der Waals surface area contributed by atoms with Crippen molar-refractivity contribution in [2.75, 3.05) is 5.84 Å². The first-order chi connectivity index (χ1) is 7.20. The van der Waals surface area contributed by atoms with Gasteiger partial charge in [0.2, 0.25) is 0 Å². The minimum Gasteiger partial charge on any atom is -0.342 e. The summed E-state index contributed by atoms with van der Waals surface area (Å²) < 4.78 is 3.89. The standard InChI is InChI=1S/C12H13N3/c1-8-12-10(7-15(8)13)9-5-3-4-6-11(9)14(12)2/h3-7H,13H2,1-2H3. The lowest BCUT2D eigenvalue weighted by atomic mass is 10.2. The van der Waals surface area contributed by atoms with E-state index in [2.05, 4.69) is 35.9 Å². The zero-order chi connectivity index (χ0) is 10.6. The quantitative estimate of drug-likeness (QED) is 0.553. The van der Waals surface area contributed by atoms with Crippen molar-refractivity contribution in [3.63, 3.8) is 0 Å². The highest BCUT2D eigenvalue weighted by atomic mass is 15.3. The molecule has 3 nitrogen and oxygen atoms in total. The molecule has 0 saturated heterocycles. The van der Waals surface area contributed by atoms with E-state index < -0.39 is 0 Å². The minimum absolute atomic E-state index is 1.10. The van der Waals surface area contributed by atoms with Gasteiger partial charge in [0, 0.05) is 29.5 Å². The van der Waals surface area contributed by atoms with Gasteiger partial charge in [0.15, 0.2) is 0 Å². The SMILES string of the molecule is Cc1c2c(cn1N)c1ccccc1n2C. The number of aromatic nitrogens is 2. The monoisotopic (exact) mass is 199 g/mol. The van der Waals surface area contributed by atoms with Crippen LogP contribution in [0.3, 0.4) is 0 Å². The van der Waals surface area contributed by atoms with E-state index in [-0.39, 0.29) is 0 Å². The highest BCUT2D eigenvalue weighted by Crippen LogP contribution is 2.30. The van der Waals surface area contributed by atoms with Crippen LogP contribution in [0, 0.1) is 6.92 Å². The Hall–Kier alpha value is -1.90. The van der Waals surface area contributed by atoms with Crippen LogP contribution in [-0.4, -0.2) is 9.24 Å². The maximum absolute atomic E-state index is 5.86. The average molecular weight is 199 g/mol. The van der Waals surface area contributed by atoms with Crippen molar-refractivity contribution >= 4 is 21.8 Å². The molecule has 1 aromatic carbocycles. The molecule has 0 aliphatic carbocycles. The molecule has 0 unspecified atom stereocenters. The van der Waals surface area contributed by atoms with Crippen LogP contribution < -0.4 is 5.84 Å². The van der Waals surface area contributed by atoms with Crippen LogP contribution >= 0.6 is 0 Å². The third-order valence-corrected chi connectivity index (χ3v) is 3.14. The predicted molar refractivity (Wildman–Crippen MR) is 63.3 cm³/mol. The van der Waals surface area contributed by atoms with Crippen molar-refractivity contribution in [1.82, 2.24) is 9.24 Å². The van der Waals surface area contributed by atoms with Gasteiger partial charge in [-0.3, -0.25) is 4.68 Å². The van der Waals surface area contributed by atoms with Crippen LogP contribution in [0.4, 0.5) is 0 Å². The van der Waals surface area contributed by atoms with Crippen molar-refractivity contribution in [1.29, 1.82) is 0 Å². The van der Waals surface area contributed by atoms with E-state index in [0.29, 0.717) is 0 Å². The molecule has 3 aromatic rings. The summed E-state index contributed by atoms with van der Waals surface area (Å²) in [7, 11) is 2.08. The molecule has 0 amide bonds. The summed E-state index contributed by atoms with van der Waals surface area (Å²) in [6, 6.07) is 8.39. The van der Waals surface area contributed by atoms with E-state index in [4.69, 9.17) is 5.84 Å². The fourth-order valence-electron chi connectivity index (χ4n) is 2.35. The summed E-state index contributed by atoms with van der Waals surface area (Å²) in [5.74, 6) is 5.86. The van der Waals surface area contributed by atoms with E-state index >= 15 is 0 Å². The number of benzene rings is 1. The Bertz CT molecular complexity index is 658. The second kappa shape index (κ2) is 2.57. The zero-order valence-electron chi connectivity index (χ0n) is 8.86. The highest BCUT2D eigenvalue weighted by molar-refractivity contribution is 6.08. The van der Waals surface area contributed by atoms with Crippen LogP contribution in [0.2, 0.25) is 0 Å². The van der Waals surface area contributed by atoms with Crippen molar-refractivity contribution < 1.29 is 0 Å². The van der Waals surface area contributed by atoms with Gasteiger partial charge in [0.05, 0.1) is 11.2 Å². The van der Waals surface area contributed by atoms with Gasteiger partial charge in [-0.15, -0.1) is 0 Å². The molecule has 3 rings (SSSR count). The molecule has 0 aliphatic rings. The molecular weight excluding hydrogens is 186 g/mol. The second-order valence-corrected chi connectivity index (χ2v) is 3.96. The average Bonchev–Trinajstić information content (AvgIpc) is 2.68. The Balaban J connectivity index is 2.67. The largest absolute Gasteiger partial charge is 0.342 e. The minimum atomic E-state index is 1.10. The maximum atomic E-state index is 5.86. The lowest BCUT2D eigenvalue weighted by molar-refractivity contribution is 0.941. The first-order valence-electron chi connectivity index (χ1n) is 5.00. The predicted octanol–water partition coefficient (Wildman–Crippen LogP) is 2.16. The van der Waals surface area contributed by atoms with Crippen molar-refractivity contribution in [3.8, 4) is 0 Å². The van der Waals surface area contributed by atoms with Crippen molar-refractivity contribution in [2.45, 2.75) is 6.92 Å². The van der Waals surface area contributed by atoms with Gasteiger partial charge < -0.3 is 10.4 Å².